The van der Waals surface area contributed by atoms with Gasteiger partial charge < -0.3 is 5.32 Å². The largest absolute Gasteiger partial charge is 0.326 e. The van der Waals surface area contributed by atoms with Gasteiger partial charge in [0.15, 0.2) is 0 Å². The molecular weight excluding hydrogens is 381 g/mol. The molecule has 2 aromatic carbocycles. The molecule has 0 bridgehead atoms. The van der Waals surface area contributed by atoms with Gasteiger partial charge >= 0.3 is 0 Å². The van der Waals surface area contributed by atoms with E-state index in [-0.39, 0.29) is 12.3 Å². The number of terminal acetylenes is 1. The number of aromatic nitrogens is 2. The number of halogens is 2. The molecule has 136 valence electrons. The average molecular weight is 398 g/mol. The van der Waals surface area contributed by atoms with Crippen LogP contribution in [-0.2, 0) is 11.2 Å². The Labute approximate surface area is 168 Å². The van der Waals surface area contributed by atoms with Crippen LogP contribution >= 0.6 is 23.2 Å². The third kappa shape index (κ3) is 4.16. The summed E-state index contributed by atoms with van der Waals surface area (Å²) in [6.45, 7) is 3.80. The Bertz CT molecular complexity index is 1060. The van der Waals surface area contributed by atoms with E-state index in [9.17, 15) is 4.79 Å². The van der Waals surface area contributed by atoms with Gasteiger partial charge in [-0.1, -0.05) is 35.2 Å². The average Bonchev–Trinajstić information content (AvgIpc) is 2.92. The predicted molar refractivity (Wildman–Crippen MR) is 110 cm³/mol. The normalized spacial score (nSPS) is 10.5. The molecule has 0 aliphatic carbocycles. The van der Waals surface area contributed by atoms with Crippen LogP contribution in [-0.4, -0.2) is 15.7 Å². The van der Waals surface area contributed by atoms with Crippen molar-refractivity contribution in [3.05, 3.63) is 75.0 Å². The van der Waals surface area contributed by atoms with Gasteiger partial charge in [-0.3, -0.25) is 4.79 Å². The van der Waals surface area contributed by atoms with Crippen LogP contribution in [0, 0.1) is 26.2 Å². The van der Waals surface area contributed by atoms with Crippen LogP contribution in [0.5, 0.6) is 0 Å². The van der Waals surface area contributed by atoms with E-state index in [1.165, 1.54) is 0 Å². The third-order valence-electron chi connectivity index (χ3n) is 4.24. The van der Waals surface area contributed by atoms with Gasteiger partial charge in [0.2, 0.25) is 5.91 Å². The Balaban J connectivity index is 1.83. The van der Waals surface area contributed by atoms with Crippen molar-refractivity contribution < 1.29 is 4.79 Å². The number of aryl methyl sites for hydroxylation is 1. The van der Waals surface area contributed by atoms with Crippen molar-refractivity contribution in [3.8, 4) is 18.0 Å². The summed E-state index contributed by atoms with van der Waals surface area (Å²) in [7, 11) is 0. The van der Waals surface area contributed by atoms with E-state index in [0.29, 0.717) is 21.3 Å². The Morgan fingerprint density at radius 1 is 1.19 bits per heavy atom. The molecule has 0 aliphatic rings. The molecule has 0 saturated carbocycles. The van der Waals surface area contributed by atoms with Gasteiger partial charge in [-0.25, -0.2) is 4.68 Å². The second kappa shape index (κ2) is 7.87. The summed E-state index contributed by atoms with van der Waals surface area (Å²) < 4.78 is 1.76. The van der Waals surface area contributed by atoms with Gasteiger partial charge in [-0.2, -0.15) is 5.10 Å². The first-order chi connectivity index (χ1) is 12.9. The lowest BCUT2D eigenvalue weighted by Crippen LogP contribution is -2.15. The molecule has 6 heteroatoms. The standard InChI is InChI=1S/C21H17Cl2N3O/c1-4-15-6-5-7-16(10-15)24-21(27)12-18-13(2)25-26(14(18)3)17-8-9-19(22)20(23)11-17/h1,5-11H,12H2,2-3H3,(H,24,27). The second-order valence-electron chi connectivity index (χ2n) is 6.11. The Kier molecular flexibility index (Phi) is 5.55. The number of benzene rings is 2. The number of carbonyl (C=O) groups is 1. The van der Waals surface area contributed by atoms with Crippen molar-refractivity contribution in [1.82, 2.24) is 9.78 Å². The fraction of sp³-hybridized carbons (Fsp3) is 0.143. The molecule has 0 radical (unpaired) electrons. The van der Waals surface area contributed by atoms with Crippen LogP contribution in [0.3, 0.4) is 0 Å². The topological polar surface area (TPSA) is 46.9 Å². The SMILES string of the molecule is C#Cc1cccc(NC(=O)Cc2c(C)nn(-c3ccc(Cl)c(Cl)c3)c2C)c1. The molecule has 27 heavy (non-hydrogen) atoms. The van der Waals surface area contributed by atoms with E-state index in [1.807, 2.05) is 32.0 Å². The van der Waals surface area contributed by atoms with Crippen molar-refractivity contribution >= 4 is 34.8 Å². The lowest BCUT2D eigenvalue weighted by Gasteiger charge is -2.08. The number of rotatable bonds is 4. The van der Waals surface area contributed by atoms with Gasteiger partial charge in [0.25, 0.3) is 0 Å². The minimum Gasteiger partial charge on any atom is -0.326 e. The molecule has 0 atom stereocenters. The molecule has 0 spiro atoms. The third-order valence-corrected chi connectivity index (χ3v) is 4.98. The van der Waals surface area contributed by atoms with Gasteiger partial charge in [0.05, 0.1) is 27.8 Å². The first kappa shape index (κ1) is 19.0. The zero-order chi connectivity index (χ0) is 19.6. The highest BCUT2D eigenvalue weighted by atomic mass is 35.5. The van der Waals surface area contributed by atoms with E-state index >= 15 is 0 Å². The zero-order valence-corrected chi connectivity index (χ0v) is 16.4. The van der Waals surface area contributed by atoms with Gasteiger partial charge in [-0.15, -0.1) is 6.42 Å². The molecule has 0 unspecified atom stereocenters. The number of nitrogens with zero attached hydrogens (tertiary/aromatic N) is 2. The van der Waals surface area contributed by atoms with Crippen LogP contribution in [0.2, 0.25) is 10.0 Å². The molecule has 1 aromatic heterocycles. The van der Waals surface area contributed by atoms with Crippen molar-refractivity contribution in [2.24, 2.45) is 0 Å². The van der Waals surface area contributed by atoms with Crippen molar-refractivity contribution in [3.63, 3.8) is 0 Å². The summed E-state index contributed by atoms with van der Waals surface area (Å²) in [6, 6.07) is 12.5. The summed E-state index contributed by atoms with van der Waals surface area (Å²) in [5, 5.41) is 8.36. The number of hydrogen-bond donors (Lipinski definition) is 1. The summed E-state index contributed by atoms with van der Waals surface area (Å²) >= 11 is 12.1. The summed E-state index contributed by atoms with van der Waals surface area (Å²) in [5.74, 6) is 2.42. The molecule has 3 aromatic rings. The van der Waals surface area contributed by atoms with Crippen LogP contribution in [0.25, 0.3) is 5.69 Å². The Hall–Kier alpha value is -2.74. The Morgan fingerprint density at radius 3 is 2.67 bits per heavy atom. The highest BCUT2D eigenvalue weighted by Gasteiger charge is 2.16. The maximum absolute atomic E-state index is 12.5. The van der Waals surface area contributed by atoms with Crippen molar-refractivity contribution in [2.75, 3.05) is 5.32 Å². The first-order valence-corrected chi connectivity index (χ1v) is 9.01. The van der Waals surface area contributed by atoms with Gasteiger partial charge in [0.1, 0.15) is 0 Å². The van der Waals surface area contributed by atoms with Crippen LogP contribution < -0.4 is 5.32 Å². The van der Waals surface area contributed by atoms with E-state index in [1.54, 1.807) is 28.9 Å². The molecular formula is C21H17Cl2N3O. The maximum Gasteiger partial charge on any atom is 0.228 e. The van der Waals surface area contributed by atoms with Crippen molar-refractivity contribution in [2.45, 2.75) is 20.3 Å². The number of hydrogen-bond acceptors (Lipinski definition) is 2. The minimum absolute atomic E-state index is 0.135. The second-order valence-corrected chi connectivity index (χ2v) is 6.92. The number of anilines is 1. The molecule has 0 fully saturated rings. The molecule has 1 N–H and O–H groups in total. The lowest BCUT2D eigenvalue weighted by atomic mass is 10.1. The summed E-state index contributed by atoms with van der Waals surface area (Å²) in [6.07, 6.45) is 5.61. The molecule has 1 amide bonds. The zero-order valence-electron chi connectivity index (χ0n) is 14.9. The monoisotopic (exact) mass is 397 g/mol. The highest BCUT2D eigenvalue weighted by Crippen LogP contribution is 2.26. The highest BCUT2D eigenvalue weighted by molar-refractivity contribution is 6.42. The van der Waals surface area contributed by atoms with Crippen LogP contribution in [0.4, 0.5) is 5.69 Å². The number of nitrogens with one attached hydrogen (secondary N) is 1. The van der Waals surface area contributed by atoms with E-state index < -0.39 is 0 Å². The molecule has 1 heterocycles. The fourth-order valence-corrected chi connectivity index (χ4v) is 3.14. The summed E-state index contributed by atoms with van der Waals surface area (Å²) in [4.78, 5) is 12.5. The number of amides is 1. The number of carbonyl (C=O) groups excluding carboxylic acids is 1. The van der Waals surface area contributed by atoms with Crippen LogP contribution in [0.15, 0.2) is 42.5 Å². The van der Waals surface area contributed by atoms with E-state index in [4.69, 9.17) is 29.6 Å². The molecule has 4 nitrogen and oxygen atoms in total. The van der Waals surface area contributed by atoms with E-state index in [0.717, 1.165) is 22.6 Å². The minimum atomic E-state index is -0.135. The molecule has 0 saturated heterocycles. The predicted octanol–water partition coefficient (Wildman–Crippen LogP) is 4.96. The van der Waals surface area contributed by atoms with Gasteiger partial charge in [-0.05, 0) is 50.2 Å². The molecule has 3 rings (SSSR count). The molecule has 0 aliphatic heterocycles. The van der Waals surface area contributed by atoms with E-state index in [2.05, 4.69) is 16.3 Å². The van der Waals surface area contributed by atoms with Crippen molar-refractivity contribution in [1.29, 1.82) is 0 Å². The maximum atomic E-state index is 12.5. The first-order valence-electron chi connectivity index (χ1n) is 8.26. The van der Waals surface area contributed by atoms with Gasteiger partial charge in [0, 0.05) is 22.5 Å². The quantitative estimate of drug-likeness (QED) is 0.632. The summed E-state index contributed by atoms with van der Waals surface area (Å²) in [5.41, 5.74) is 4.70. The lowest BCUT2D eigenvalue weighted by molar-refractivity contribution is -0.115. The fourth-order valence-electron chi connectivity index (χ4n) is 2.85. The van der Waals surface area contributed by atoms with Crippen LogP contribution in [0.1, 0.15) is 22.5 Å². The smallest absolute Gasteiger partial charge is 0.228 e. The Morgan fingerprint density at radius 2 is 1.96 bits per heavy atom.